The molecule has 4 nitrogen and oxygen atoms in total. The van der Waals surface area contributed by atoms with E-state index < -0.39 is 0 Å². The van der Waals surface area contributed by atoms with Crippen molar-refractivity contribution in [2.24, 2.45) is 0 Å². The minimum Gasteiger partial charge on any atom is -0.503 e. The Bertz CT molecular complexity index is 768. The Balaban J connectivity index is 2.11. The summed E-state index contributed by atoms with van der Waals surface area (Å²) in [5.41, 5.74) is 3.02. The fourth-order valence-electron chi connectivity index (χ4n) is 2.28. The highest BCUT2D eigenvalue weighted by Gasteiger charge is 2.23. The molecule has 1 amide bonds. The Kier molecular flexibility index (Phi) is 3.43. The average Bonchev–Trinajstić information content (AvgIpc) is 2.79. The third kappa shape index (κ3) is 2.40. The van der Waals surface area contributed by atoms with Gasteiger partial charge in [0.15, 0.2) is 11.5 Å². The van der Waals surface area contributed by atoms with Gasteiger partial charge in [0.25, 0.3) is 5.91 Å². The molecule has 1 heterocycles. The minimum atomic E-state index is -0.139. The summed E-state index contributed by atoms with van der Waals surface area (Å²) in [5, 5.41) is 12.6. The molecule has 0 bridgehead atoms. The molecule has 21 heavy (non-hydrogen) atoms. The number of fused-ring (bicyclic) bond motifs is 1. The Labute approximate surface area is 130 Å². The molecular weight excluding hydrogens is 334 g/mol. The van der Waals surface area contributed by atoms with Crippen LogP contribution in [0.3, 0.4) is 0 Å². The maximum Gasteiger partial charge on any atom is 0.256 e. The Morgan fingerprint density at radius 3 is 2.81 bits per heavy atom. The summed E-state index contributed by atoms with van der Waals surface area (Å²) < 4.78 is 5.63. The van der Waals surface area contributed by atoms with Crippen molar-refractivity contribution in [3.8, 4) is 11.5 Å². The first-order chi connectivity index (χ1) is 10.1. The molecule has 106 valence electrons. The number of carbonyl (C=O) groups is 1. The number of anilines is 1. The maximum absolute atomic E-state index is 12.1. The lowest BCUT2D eigenvalue weighted by molar-refractivity contribution is -0.110. The van der Waals surface area contributed by atoms with Gasteiger partial charge in [-0.25, -0.2) is 0 Å². The molecule has 1 aliphatic rings. The van der Waals surface area contributed by atoms with E-state index >= 15 is 0 Å². The Hall–Kier alpha value is -2.27. The average molecular weight is 346 g/mol. The van der Waals surface area contributed by atoms with Gasteiger partial charge in [0.05, 0.1) is 11.6 Å². The highest BCUT2D eigenvalue weighted by atomic mass is 79.9. The number of para-hydroxylation sites is 1. The van der Waals surface area contributed by atoms with E-state index in [2.05, 4.69) is 21.2 Å². The first kappa shape index (κ1) is 13.7. The molecule has 0 saturated heterocycles. The number of carbonyl (C=O) groups excluding carboxylic acids is 1. The van der Waals surface area contributed by atoms with Gasteiger partial charge < -0.3 is 15.2 Å². The Morgan fingerprint density at radius 1 is 1.29 bits per heavy atom. The largest absolute Gasteiger partial charge is 0.503 e. The van der Waals surface area contributed by atoms with Gasteiger partial charge in [0.1, 0.15) is 0 Å². The summed E-state index contributed by atoms with van der Waals surface area (Å²) in [6, 6.07) is 10.9. The summed E-state index contributed by atoms with van der Waals surface area (Å²) in [6.45, 7) is 0. The number of phenols is 1. The fourth-order valence-corrected chi connectivity index (χ4v) is 2.74. The van der Waals surface area contributed by atoms with Crippen LogP contribution in [-0.4, -0.2) is 18.1 Å². The van der Waals surface area contributed by atoms with Gasteiger partial charge in [0.2, 0.25) is 0 Å². The van der Waals surface area contributed by atoms with Crippen molar-refractivity contribution in [3.63, 3.8) is 0 Å². The van der Waals surface area contributed by atoms with Crippen molar-refractivity contribution in [1.29, 1.82) is 0 Å². The number of methoxy groups -OCH3 is 1. The molecule has 5 heteroatoms. The van der Waals surface area contributed by atoms with Gasteiger partial charge >= 0.3 is 0 Å². The monoisotopic (exact) mass is 345 g/mol. The normalized spacial score (nSPS) is 15.0. The molecule has 0 aromatic heterocycles. The van der Waals surface area contributed by atoms with Crippen LogP contribution in [0.2, 0.25) is 0 Å². The minimum absolute atomic E-state index is 0.0379. The number of aromatic hydroxyl groups is 1. The second kappa shape index (κ2) is 5.26. The fraction of sp³-hybridized carbons (Fsp3) is 0.0625. The standard InChI is InChI=1S/C16H12BrNO3/c1-21-14-8-9(7-12(17)15(14)19)6-11-10-4-2-3-5-13(10)18-16(11)20/h2-8,19H,1H3,(H,18,20)/b11-6+. The van der Waals surface area contributed by atoms with Crippen LogP contribution in [0.4, 0.5) is 5.69 Å². The lowest BCUT2D eigenvalue weighted by Crippen LogP contribution is -2.03. The summed E-state index contributed by atoms with van der Waals surface area (Å²) in [7, 11) is 1.48. The molecule has 2 aromatic carbocycles. The predicted molar refractivity (Wildman–Crippen MR) is 85.3 cm³/mol. The van der Waals surface area contributed by atoms with Gasteiger partial charge in [-0.15, -0.1) is 0 Å². The van der Waals surface area contributed by atoms with E-state index in [0.717, 1.165) is 16.8 Å². The number of halogens is 1. The lowest BCUT2D eigenvalue weighted by atomic mass is 10.0. The van der Waals surface area contributed by atoms with Crippen molar-refractivity contribution in [3.05, 3.63) is 52.0 Å². The molecule has 0 aliphatic carbocycles. The van der Waals surface area contributed by atoms with Crippen molar-refractivity contribution in [2.45, 2.75) is 0 Å². The molecule has 0 unspecified atom stereocenters. The predicted octanol–water partition coefficient (Wildman–Crippen LogP) is 3.66. The number of nitrogens with one attached hydrogen (secondary N) is 1. The molecular formula is C16H12BrNO3. The number of ether oxygens (including phenoxy) is 1. The third-order valence-corrected chi connectivity index (χ3v) is 3.90. The molecule has 0 spiro atoms. The molecule has 0 atom stereocenters. The molecule has 0 radical (unpaired) electrons. The molecule has 0 fully saturated rings. The van der Waals surface area contributed by atoms with E-state index in [4.69, 9.17) is 4.74 Å². The quantitative estimate of drug-likeness (QED) is 0.816. The number of amides is 1. The summed E-state index contributed by atoms with van der Waals surface area (Å²) in [6.07, 6.45) is 1.77. The summed E-state index contributed by atoms with van der Waals surface area (Å²) in [4.78, 5) is 12.1. The van der Waals surface area contributed by atoms with E-state index in [1.807, 2.05) is 24.3 Å². The molecule has 3 rings (SSSR count). The van der Waals surface area contributed by atoms with Crippen LogP contribution in [0.25, 0.3) is 11.6 Å². The van der Waals surface area contributed by atoms with E-state index in [0.29, 0.717) is 15.8 Å². The zero-order valence-corrected chi connectivity index (χ0v) is 12.8. The molecule has 0 saturated carbocycles. The van der Waals surface area contributed by atoms with Crippen LogP contribution in [0.15, 0.2) is 40.9 Å². The number of hydrogen-bond acceptors (Lipinski definition) is 3. The van der Waals surface area contributed by atoms with Gasteiger partial charge in [-0.1, -0.05) is 18.2 Å². The molecule has 2 aromatic rings. The van der Waals surface area contributed by atoms with Crippen LogP contribution >= 0.6 is 15.9 Å². The van der Waals surface area contributed by atoms with Crippen LogP contribution < -0.4 is 10.1 Å². The topological polar surface area (TPSA) is 58.6 Å². The molecule has 2 N–H and O–H groups in total. The highest BCUT2D eigenvalue weighted by molar-refractivity contribution is 9.10. The number of phenolic OH excluding ortho intramolecular Hbond substituents is 1. The zero-order chi connectivity index (χ0) is 15.0. The van der Waals surface area contributed by atoms with E-state index in [-0.39, 0.29) is 11.7 Å². The first-order valence-corrected chi connectivity index (χ1v) is 7.08. The molecule has 1 aliphatic heterocycles. The van der Waals surface area contributed by atoms with Crippen molar-refractivity contribution in [1.82, 2.24) is 0 Å². The van der Waals surface area contributed by atoms with Crippen molar-refractivity contribution in [2.75, 3.05) is 12.4 Å². The smallest absolute Gasteiger partial charge is 0.256 e. The SMILES string of the molecule is COc1cc(/C=C2/C(=O)Nc3ccccc32)cc(Br)c1O. The van der Waals surface area contributed by atoms with Crippen molar-refractivity contribution >= 4 is 39.2 Å². The second-order valence-corrected chi connectivity index (χ2v) is 5.47. The van der Waals surface area contributed by atoms with E-state index in [1.165, 1.54) is 7.11 Å². The third-order valence-electron chi connectivity index (χ3n) is 3.29. The van der Waals surface area contributed by atoms with Gasteiger partial charge in [-0.2, -0.15) is 0 Å². The van der Waals surface area contributed by atoms with Crippen LogP contribution in [-0.2, 0) is 4.79 Å². The number of rotatable bonds is 2. The summed E-state index contributed by atoms with van der Waals surface area (Å²) >= 11 is 3.27. The van der Waals surface area contributed by atoms with Gasteiger partial charge in [0, 0.05) is 16.8 Å². The van der Waals surface area contributed by atoms with E-state index in [9.17, 15) is 9.90 Å². The van der Waals surface area contributed by atoms with Crippen LogP contribution in [0.5, 0.6) is 11.5 Å². The maximum atomic E-state index is 12.1. The lowest BCUT2D eigenvalue weighted by Gasteiger charge is -2.07. The van der Waals surface area contributed by atoms with Crippen molar-refractivity contribution < 1.29 is 14.6 Å². The van der Waals surface area contributed by atoms with Crippen LogP contribution in [0, 0.1) is 0 Å². The number of hydrogen-bond donors (Lipinski definition) is 2. The van der Waals surface area contributed by atoms with Crippen LogP contribution in [0.1, 0.15) is 11.1 Å². The Morgan fingerprint density at radius 2 is 2.05 bits per heavy atom. The van der Waals surface area contributed by atoms with Gasteiger partial charge in [-0.05, 0) is 45.8 Å². The van der Waals surface area contributed by atoms with Gasteiger partial charge in [-0.3, -0.25) is 4.79 Å². The highest BCUT2D eigenvalue weighted by Crippen LogP contribution is 2.38. The second-order valence-electron chi connectivity index (χ2n) is 4.61. The first-order valence-electron chi connectivity index (χ1n) is 6.29. The zero-order valence-electron chi connectivity index (χ0n) is 11.2. The number of benzene rings is 2. The van der Waals surface area contributed by atoms with E-state index in [1.54, 1.807) is 18.2 Å². The summed E-state index contributed by atoms with van der Waals surface area (Å²) in [5.74, 6) is 0.248.